The van der Waals surface area contributed by atoms with E-state index in [0.29, 0.717) is 5.69 Å². The third-order valence-electron chi connectivity index (χ3n) is 4.05. The number of likely N-dealkylation sites (tertiary alicyclic amines) is 1. The lowest BCUT2D eigenvalue weighted by Crippen LogP contribution is -2.40. The minimum Gasteiger partial charge on any atom is -0.463 e. The predicted octanol–water partition coefficient (Wildman–Crippen LogP) is 1.87. The Kier molecular flexibility index (Phi) is 2.41. The third-order valence-corrected chi connectivity index (χ3v) is 4.05. The highest BCUT2D eigenvalue weighted by Gasteiger charge is 2.30. The summed E-state index contributed by atoms with van der Waals surface area (Å²) in [6, 6.07) is 3.67. The molecule has 0 bridgehead atoms. The molecule has 2 aliphatic rings. The van der Waals surface area contributed by atoms with Crippen molar-refractivity contribution < 1.29 is 13.9 Å². The molecule has 2 aromatic rings. The zero-order valence-electron chi connectivity index (χ0n) is 10.7. The van der Waals surface area contributed by atoms with Crippen LogP contribution in [0.25, 0.3) is 11.1 Å². The number of furan rings is 1. The van der Waals surface area contributed by atoms with Crippen LogP contribution in [0.1, 0.15) is 23.3 Å². The summed E-state index contributed by atoms with van der Waals surface area (Å²) in [7, 11) is 0. The van der Waals surface area contributed by atoms with Crippen molar-refractivity contribution in [1.29, 1.82) is 0 Å². The third kappa shape index (κ3) is 1.76. The van der Waals surface area contributed by atoms with E-state index in [4.69, 9.17) is 9.15 Å². The van der Waals surface area contributed by atoms with E-state index in [9.17, 15) is 4.79 Å². The van der Waals surface area contributed by atoms with Gasteiger partial charge in [-0.25, -0.2) is 4.79 Å². The normalized spacial score (nSPS) is 23.8. The molecular formula is C14H16N2O3. The number of rotatable bonds is 2. The van der Waals surface area contributed by atoms with Gasteiger partial charge in [-0.1, -0.05) is 0 Å². The van der Waals surface area contributed by atoms with Crippen LogP contribution in [-0.2, 0) is 11.3 Å². The fourth-order valence-electron chi connectivity index (χ4n) is 3.14. The Labute approximate surface area is 110 Å². The first kappa shape index (κ1) is 11.1. The lowest BCUT2D eigenvalue weighted by Gasteiger charge is -2.28. The van der Waals surface area contributed by atoms with E-state index in [2.05, 4.69) is 4.90 Å². The first-order valence-electron chi connectivity index (χ1n) is 6.81. The van der Waals surface area contributed by atoms with Gasteiger partial charge < -0.3 is 13.7 Å². The molecule has 0 N–H and O–H groups in total. The number of nitrogens with zero attached hydrogens (tertiary/aromatic N) is 2. The topological polar surface area (TPSA) is 47.6 Å². The maximum absolute atomic E-state index is 12.0. The van der Waals surface area contributed by atoms with Crippen molar-refractivity contribution in [2.75, 3.05) is 19.6 Å². The molecule has 0 unspecified atom stereocenters. The molecule has 0 aliphatic carbocycles. The lowest BCUT2D eigenvalue weighted by molar-refractivity contribution is 0.00809. The summed E-state index contributed by atoms with van der Waals surface area (Å²) in [5, 5.41) is 0. The minimum absolute atomic E-state index is 0.0522. The number of carbonyl (C=O) groups excluding carboxylic acids is 1. The second-order valence-electron chi connectivity index (χ2n) is 5.35. The second-order valence-corrected chi connectivity index (χ2v) is 5.35. The molecule has 100 valence electrons. The Hall–Kier alpha value is -1.75. The van der Waals surface area contributed by atoms with Crippen molar-refractivity contribution in [3.05, 3.63) is 24.1 Å². The molecule has 0 spiro atoms. The van der Waals surface area contributed by atoms with Gasteiger partial charge in [0.2, 0.25) is 0 Å². The van der Waals surface area contributed by atoms with Crippen molar-refractivity contribution >= 4 is 17.1 Å². The van der Waals surface area contributed by atoms with Gasteiger partial charge in [0.25, 0.3) is 0 Å². The number of carbonyl (C=O) groups is 1. The Bertz CT molecular complexity index is 622. The summed E-state index contributed by atoms with van der Waals surface area (Å²) in [6.45, 7) is 3.80. The maximum atomic E-state index is 12.0. The average molecular weight is 260 g/mol. The minimum atomic E-state index is -0.234. The van der Waals surface area contributed by atoms with Crippen molar-refractivity contribution in [2.45, 2.75) is 25.5 Å². The molecule has 0 saturated carbocycles. The van der Waals surface area contributed by atoms with E-state index in [1.54, 1.807) is 12.3 Å². The number of hydrogen-bond acceptors (Lipinski definition) is 4. The molecule has 19 heavy (non-hydrogen) atoms. The highest BCUT2D eigenvalue weighted by molar-refractivity contribution is 5.94. The molecule has 2 aromatic heterocycles. The average Bonchev–Trinajstić information content (AvgIpc) is 3.06. The standard InChI is InChI=1S/C14H16N2O3/c17-14-12-7-13-11(3-6-18-13)16(12)9-10(19-14)8-15-4-1-2-5-15/h3,6-7,10H,1-2,4-5,8-9H2/t10-/m0/s1. The number of esters is 1. The molecule has 4 rings (SSSR count). The predicted molar refractivity (Wildman–Crippen MR) is 69.1 cm³/mol. The molecule has 4 heterocycles. The summed E-state index contributed by atoms with van der Waals surface area (Å²) < 4.78 is 12.9. The molecule has 0 aromatic carbocycles. The molecular weight excluding hydrogens is 244 g/mol. The Morgan fingerprint density at radius 1 is 1.32 bits per heavy atom. The number of aromatic nitrogens is 1. The molecule has 0 amide bonds. The van der Waals surface area contributed by atoms with Crippen LogP contribution in [0.5, 0.6) is 0 Å². The largest absolute Gasteiger partial charge is 0.463 e. The quantitative estimate of drug-likeness (QED) is 0.773. The van der Waals surface area contributed by atoms with Crippen LogP contribution in [0.4, 0.5) is 0 Å². The second kappa shape index (κ2) is 4.13. The summed E-state index contributed by atoms with van der Waals surface area (Å²) in [6.07, 6.45) is 4.11. The Morgan fingerprint density at radius 3 is 3.00 bits per heavy atom. The maximum Gasteiger partial charge on any atom is 0.355 e. The SMILES string of the molecule is O=C1O[C@@H](CN2CCCC2)Cn2c1cc1occc12. The van der Waals surface area contributed by atoms with Crippen molar-refractivity contribution in [1.82, 2.24) is 9.47 Å². The van der Waals surface area contributed by atoms with Gasteiger partial charge in [-0.05, 0) is 25.9 Å². The van der Waals surface area contributed by atoms with Gasteiger partial charge >= 0.3 is 5.97 Å². The van der Waals surface area contributed by atoms with Gasteiger partial charge in [-0.2, -0.15) is 0 Å². The molecule has 5 heteroatoms. The summed E-state index contributed by atoms with van der Waals surface area (Å²) in [4.78, 5) is 14.4. The molecule has 1 fully saturated rings. The summed E-state index contributed by atoms with van der Waals surface area (Å²) in [5.41, 5.74) is 2.35. The molecule has 5 nitrogen and oxygen atoms in total. The van der Waals surface area contributed by atoms with Gasteiger partial charge in [0.05, 0.1) is 18.3 Å². The van der Waals surface area contributed by atoms with Crippen LogP contribution in [0.2, 0.25) is 0 Å². The number of cyclic esters (lactones) is 1. The van der Waals surface area contributed by atoms with Crippen molar-refractivity contribution in [3.63, 3.8) is 0 Å². The highest BCUT2D eigenvalue weighted by atomic mass is 16.5. The fraction of sp³-hybridized carbons (Fsp3) is 0.500. The smallest absolute Gasteiger partial charge is 0.355 e. The molecule has 1 saturated heterocycles. The zero-order valence-corrected chi connectivity index (χ0v) is 10.7. The first-order chi connectivity index (χ1) is 9.31. The fourth-order valence-corrected chi connectivity index (χ4v) is 3.14. The van der Waals surface area contributed by atoms with Crippen LogP contribution in [0.3, 0.4) is 0 Å². The van der Waals surface area contributed by atoms with Crippen molar-refractivity contribution in [3.8, 4) is 0 Å². The van der Waals surface area contributed by atoms with E-state index in [-0.39, 0.29) is 12.1 Å². The van der Waals surface area contributed by atoms with Gasteiger partial charge in [0.1, 0.15) is 11.8 Å². The number of ether oxygens (including phenoxy) is 1. The molecule has 0 radical (unpaired) electrons. The lowest BCUT2D eigenvalue weighted by atomic mass is 10.2. The van der Waals surface area contributed by atoms with Gasteiger partial charge in [-0.3, -0.25) is 4.90 Å². The van der Waals surface area contributed by atoms with E-state index in [1.165, 1.54) is 12.8 Å². The Balaban J connectivity index is 1.62. The van der Waals surface area contributed by atoms with E-state index in [1.807, 2.05) is 10.6 Å². The summed E-state index contributed by atoms with van der Waals surface area (Å²) in [5.74, 6) is -0.234. The molecule has 1 atom stereocenters. The highest BCUT2D eigenvalue weighted by Crippen LogP contribution is 2.26. The van der Waals surface area contributed by atoms with Crippen LogP contribution < -0.4 is 0 Å². The monoisotopic (exact) mass is 260 g/mol. The van der Waals surface area contributed by atoms with E-state index >= 15 is 0 Å². The van der Waals surface area contributed by atoms with Crippen molar-refractivity contribution in [2.24, 2.45) is 0 Å². The van der Waals surface area contributed by atoms with E-state index in [0.717, 1.165) is 37.3 Å². The van der Waals surface area contributed by atoms with Crippen LogP contribution in [0, 0.1) is 0 Å². The van der Waals surface area contributed by atoms with Crippen LogP contribution in [-0.4, -0.2) is 41.2 Å². The Morgan fingerprint density at radius 2 is 2.16 bits per heavy atom. The number of hydrogen-bond donors (Lipinski definition) is 0. The van der Waals surface area contributed by atoms with Crippen LogP contribution >= 0.6 is 0 Å². The number of fused-ring (bicyclic) bond motifs is 3. The zero-order chi connectivity index (χ0) is 12.8. The van der Waals surface area contributed by atoms with E-state index < -0.39 is 0 Å². The first-order valence-corrected chi connectivity index (χ1v) is 6.81. The van der Waals surface area contributed by atoms with Crippen LogP contribution in [0.15, 0.2) is 22.8 Å². The summed E-state index contributed by atoms with van der Waals surface area (Å²) >= 11 is 0. The van der Waals surface area contributed by atoms with Gasteiger partial charge in [0.15, 0.2) is 5.58 Å². The van der Waals surface area contributed by atoms with Gasteiger partial charge in [-0.15, -0.1) is 0 Å². The molecule has 2 aliphatic heterocycles. The van der Waals surface area contributed by atoms with Gasteiger partial charge in [0, 0.05) is 18.7 Å².